The second-order valence-electron chi connectivity index (χ2n) is 13.0. The van der Waals surface area contributed by atoms with Crippen molar-refractivity contribution >= 4 is 0 Å². The average Bonchev–Trinajstić information content (AvgIpc) is 2.94. The predicted octanol–water partition coefficient (Wildman–Crippen LogP) is 11.8. The summed E-state index contributed by atoms with van der Waals surface area (Å²) < 4.78 is 0. The van der Waals surface area contributed by atoms with Crippen molar-refractivity contribution in [1.82, 2.24) is 0 Å². The Kier molecular flexibility index (Phi) is 10.8. The minimum atomic E-state index is 0.679. The van der Waals surface area contributed by atoms with Crippen LogP contribution in [0.25, 0.3) is 11.1 Å². The molecule has 0 aliphatic heterocycles. The summed E-state index contributed by atoms with van der Waals surface area (Å²) in [6, 6.07) is 16.7. The van der Waals surface area contributed by atoms with Crippen molar-refractivity contribution < 1.29 is 0 Å². The van der Waals surface area contributed by atoms with Crippen LogP contribution in [0.2, 0.25) is 0 Å². The molecule has 0 heterocycles. The van der Waals surface area contributed by atoms with Crippen molar-refractivity contribution in [3.63, 3.8) is 0 Å². The van der Waals surface area contributed by atoms with Crippen LogP contribution in [0.1, 0.15) is 146 Å². The number of unbranched alkanes of at least 4 members (excludes halogenated alkanes) is 4. The molecule has 0 saturated heterocycles. The van der Waals surface area contributed by atoms with Gasteiger partial charge in [0.1, 0.15) is 0 Å². The van der Waals surface area contributed by atoms with Gasteiger partial charge in [-0.15, -0.1) is 0 Å². The van der Waals surface area contributed by atoms with E-state index >= 15 is 0 Å². The number of benzene rings is 2. The van der Waals surface area contributed by atoms with E-state index < -0.39 is 0 Å². The Hall–Kier alpha value is -1.56. The van der Waals surface area contributed by atoms with Gasteiger partial charge in [0, 0.05) is 0 Å². The normalized spacial score (nSPS) is 22.6. The first-order chi connectivity index (χ1) is 18.1. The molecule has 37 heavy (non-hydrogen) atoms. The first kappa shape index (κ1) is 28.4. The van der Waals surface area contributed by atoms with Gasteiger partial charge in [0.05, 0.1) is 0 Å². The summed E-state index contributed by atoms with van der Waals surface area (Å²) in [4.78, 5) is 0. The molecule has 2 aliphatic rings. The second kappa shape index (κ2) is 14.0. The summed E-state index contributed by atoms with van der Waals surface area (Å²) in [5.74, 6) is 2.54. The number of aryl methyl sites for hydroxylation is 2. The third-order valence-electron chi connectivity index (χ3n) is 10.6. The van der Waals surface area contributed by atoms with Crippen LogP contribution in [0.4, 0.5) is 0 Å². The quantitative estimate of drug-likeness (QED) is 0.254. The summed E-state index contributed by atoms with van der Waals surface area (Å²) in [6.45, 7) is 9.52. The summed E-state index contributed by atoms with van der Waals surface area (Å²) >= 11 is 0. The van der Waals surface area contributed by atoms with Crippen molar-refractivity contribution in [2.75, 3.05) is 0 Å². The Morgan fingerprint density at radius 2 is 1.41 bits per heavy atom. The molecule has 0 spiro atoms. The van der Waals surface area contributed by atoms with Gasteiger partial charge < -0.3 is 0 Å². The summed E-state index contributed by atoms with van der Waals surface area (Å²) in [5, 5.41) is 0. The molecule has 0 bridgehead atoms. The highest BCUT2D eigenvalue weighted by Gasteiger charge is 2.41. The second-order valence-corrected chi connectivity index (χ2v) is 13.0. The van der Waals surface area contributed by atoms with E-state index in [0.29, 0.717) is 11.3 Å². The van der Waals surface area contributed by atoms with E-state index in [1.807, 2.05) is 0 Å². The van der Waals surface area contributed by atoms with Gasteiger partial charge in [-0.2, -0.15) is 0 Å². The van der Waals surface area contributed by atoms with Gasteiger partial charge in [-0.25, -0.2) is 0 Å². The topological polar surface area (TPSA) is 0 Å². The molecule has 0 amide bonds. The third kappa shape index (κ3) is 7.30. The van der Waals surface area contributed by atoms with Gasteiger partial charge in [-0.3, -0.25) is 0 Å². The largest absolute Gasteiger partial charge is 0.0654 e. The first-order valence-electron chi connectivity index (χ1n) is 16.3. The van der Waals surface area contributed by atoms with E-state index in [0.717, 1.165) is 11.8 Å². The number of rotatable bonds is 12. The first-order valence-corrected chi connectivity index (χ1v) is 16.3. The Bertz CT molecular complexity index is 921. The van der Waals surface area contributed by atoms with Crippen LogP contribution in [0.15, 0.2) is 42.5 Å². The molecule has 1 atom stereocenters. The molecule has 0 radical (unpaired) electrons. The van der Waals surface area contributed by atoms with E-state index in [2.05, 4.69) is 70.2 Å². The van der Waals surface area contributed by atoms with Gasteiger partial charge in [-0.05, 0) is 116 Å². The minimum absolute atomic E-state index is 0.679. The molecule has 2 aliphatic carbocycles. The van der Waals surface area contributed by atoms with E-state index in [1.165, 1.54) is 131 Å². The van der Waals surface area contributed by atoms with E-state index in [1.54, 1.807) is 5.56 Å². The van der Waals surface area contributed by atoms with Crippen LogP contribution < -0.4 is 0 Å². The Balaban J connectivity index is 1.36. The minimum Gasteiger partial charge on any atom is -0.0654 e. The molecule has 0 nitrogen and oxygen atoms in total. The van der Waals surface area contributed by atoms with Crippen LogP contribution in [-0.4, -0.2) is 0 Å². The van der Waals surface area contributed by atoms with Gasteiger partial charge >= 0.3 is 0 Å². The highest BCUT2D eigenvalue weighted by molar-refractivity contribution is 5.65. The molecule has 0 heteroatoms. The van der Waals surface area contributed by atoms with Crippen molar-refractivity contribution in [3.05, 3.63) is 59.2 Å². The molecular formula is C37H56. The van der Waals surface area contributed by atoms with Crippen LogP contribution in [-0.2, 0) is 6.42 Å². The van der Waals surface area contributed by atoms with Crippen LogP contribution >= 0.6 is 0 Å². The smallest absolute Gasteiger partial charge is 0.0159 e. The Morgan fingerprint density at radius 1 is 0.757 bits per heavy atom. The average molecular weight is 501 g/mol. The maximum absolute atomic E-state index is 2.52. The zero-order chi connectivity index (χ0) is 26.1. The predicted molar refractivity (Wildman–Crippen MR) is 163 cm³/mol. The standard InChI is InChI=1S/C37H56/c1-5-7-10-14-31-15-17-33(18-16-31)34-21-24-36(29(3)28-34)30(4)32-19-22-35(23-20-32)37(25-11-8-6-2)26-12-9-13-27-37/h15-18,21,24,28,30,32,35H,5-14,19-20,22-23,25-27H2,1-4H3. The van der Waals surface area contributed by atoms with Crippen LogP contribution in [0, 0.1) is 24.2 Å². The highest BCUT2D eigenvalue weighted by Crippen LogP contribution is 2.53. The zero-order valence-corrected chi connectivity index (χ0v) is 24.8. The van der Waals surface area contributed by atoms with Gasteiger partial charge in [0.2, 0.25) is 0 Å². The fraction of sp³-hybridized carbons (Fsp3) is 0.676. The SMILES string of the molecule is CCCCCc1ccc(-c2ccc(C(C)C3CCC(C4(CCCCC)CCCCC4)CC3)c(C)c2)cc1. The lowest BCUT2D eigenvalue weighted by molar-refractivity contribution is 0.0409. The molecular weight excluding hydrogens is 444 g/mol. The lowest BCUT2D eigenvalue weighted by atomic mass is 9.58. The van der Waals surface area contributed by atoms with E-state index in [-0.39, 0.29) is 0 Å². The molecule has 1 unspecified atom stereocenters. The molecule has 0 N–H and O–H groups in total. The molecule has 0 aromatic heterocycles. The summed E-state index contributed by atoms with van der Waals surface area (Å²) in [7, 11) is 0. The Morgan fingerprint density at radius 3 is 2.05 bits per heavy atom. The van der Waals surface area contributed by atoms with Gasteiger partial charge in [-0.1, -0.05) is 115 Å². The van der Waals surface area contributed by atoms with Crippen molar-refractivity contribution in [1.29, 1.82) is 0 Å². The van der Waals surface area contributed by atoms with E-state index in [9.17, 15) is 0 Å². The van der Waals surface area contributed by atoms with Crippen LogP contribution in [0.3, 0.4) is 0 Å². The van der Waals surface area contributed by atoms with Crippen molar-refractivity contribution in [2.24, 2.45) is 17.3 Å². The van der Waals surface area contributed by atoms with Crippen molar-refractivity contribution in [2.45, 2.75) is 143 Å². The molecule has 204 valence electrons. The number of hydrogen-bond acceptors (Lipinski definition) is 0. The van der Waals surface area contributed by atoms with E-state index in [4.69, 9.17) is 0 Å². The fourth-order valence-electron chi connectivity index (χ4n) is 8.14. The summed E-state index contributed by atoms with van der Waals surface area (Å²) in [5.41, 5.74) is 8.01. The van der Waals surface area contributed by atoms with Crippen LogP contribution in [0.5, 0.6) is 0 Å². The maximum Gasteiger partial charge on any atom is -0.0159 e. The highest BCUT2D eigenvalue weighted by atomic mass is 14.5. The monoisotopic (exact) mass is 500 g/mol. The lowest BCUT2D eigenvalue weighted by Crippen LogP contribution is -2.36. The molecule has 2 saturated carbocycles. The third-order valence-corrected chi connectivity index (χ3v) is 10.6. The zero-order valence-electron chi connectivity index (χ0n) is 24.8. The Labute approximate surface area is 230 Å². The van der Waals surface area contributed by atoms with Gasteiger partial charge in [0.25, 0.3) is 0 Å². The molecule has 2 fully saturated rings. The molecule has 2 aromatic rings. The molecule has 4 rings (SSSR count). The summed E-state index contributed by atoms with van der Waals surface area (Å²) in [6.07, 6.45) is 24.4. The fourth-order valence-corrected chi connectivity index (χ4v) is 8.14. The van der Waals surface area contributed by atoms with Gasteiger partial charge in [0.15, 0.2) is 0 Å². The molecule has 2 aromatic carbocycles. The lowest BCUT2D eigenvalue weighted by Gasteiger charge is -2.47. The maximum atomic E-state index is 2.52. The van der Waals surface area contributed by atoms with Crippen molar-refractivity contribution in [3.8, 4) is 11.1 Å². The number of hydrogen-bond donors (Lipinski definition) is 0.